The van der Waals surface area contributed by atoms with Crippen LogP contribution in [0.4, 0.5) is 10.1 Å². The molecular formula is C12H16BrFN2O3S. The van der Waals surface area contributed by atoms with Crippen LogP contribution >= 0.6 is 15.9 Å². The molecule has 1 heterocycles. The maximum atomic E-state index is 13.9. The highest BCUT2D eigenvalue weighted by Crippen LogP contribution is 2.30. The highest BCUT2D eigenvalue weighted by Gasteiger charge is 2.41. The van der Waals surface area contributed by atoms with Gasteiger partial charge < -0.3 is 10.5 Å². The second kappa shape index (κ2) is 5.25. The summed E-state index contributed by atoms with van der Waals surface area (Å²) in [5.41, 5.74) is 5.03. The third-order valence-electron chi connectivity index (χ3n) is 3.59. The minimum absolute atomic E-state index is 0.160. The van der Waals surface area contributed by atoms with E-state index in [1.165, 1.54) is 0 Å². The molecule has 2 unspecified atom stereocenters. The number of sulfonamides is 1. The van der Waals surface area contributed by atoms with Crippen LogP contribution in [0.1, 0.15) is 20.3 Å². The Balaban J connectivity index is 2.39. The lowest BCUT2D eigenvalue weighted by atomic mass is 9.97. The maximum absolute atomic E-state index is 13.9. The van der Waals surface area contributed by atoms with Crippen molar-refractivity contribution in [2.45, 2.75) is 36.8 Å². The van der Waals surface area contributed by atoms with Gasteiger partial charge in [0.05, 0.1) is 11.6 Å². The number of ether oxygens (including phenoxy) is 1. The summed E-state index contributed by atoms with van der Waals surface area (Å²) < 4.78 is 46.8. The number of nitrogens with two attached hydrogens (primary N) is 1. The standard InChI is InChI=1S/C12H16BrFN2O3S/c1-7-12(2,3-4-19-7)16-20(17,18)11-6-10(15)8(13)5-9(11)14/h5-7,16H,3-4,15H2,1-2H3. The van der Waals surface area contributed by atoms with Gasteiger partial charge in [-0.3, -0.25) is 0 Å². The van der Waals surface area contributed by atoms with Crippen LogP contribution in [-0.4, -0.2) is 26.7 Å². The summed E-state index contributed by atoms with van der Waals surface area (Å²) in [5.74, 6) is -0.853. The smallest absolute Gasteiger partial charge is 0.244 e. The summed E-state index contributed by atoms with van der Waals surface area (Å²) >= 11 is 3.06. The summed E-state index contributed by atoms with van der Waals surface area (Å²) in [6.07, 6.45) is 0.245. The first kappa shape index (κ1) is 15.7. The average Bonchev–Trinajstić information content (AvgIpc) is 2.63. The van der Waals surface area contributed by atoms with Crippen molar-refractivity contribution in [3.05, 3.63) is 22.4 Å². The number of halogens is 2. The molecule has 0 radical (unpaired) electrons. The predicted molar refractivity (Wildman–Crippen MR) is 77.3 cm³/mol. The summed E-state index contributed by atoms with van der Waals surface area (Å²) in [6, 6.07) is 2.15. The number of hydrogen-bond acceptors (Lipinski definition) is 4. The molecule has 112 valence electrons. The van der Waals surface area contributed by atoms with Crippen LogP contribution in [0.25, 0.3) is 0 Å². The number of nitrogen functional groups attached to an aromatic ring is 1. The molecule has 0 bridgehead atoms. The van der Waals surface area contributed by atoms with Crippen molar-refractivity contribution in [2.75, 3.05) is 12.3 Å². The Morgan fingerprint density at radius 1 is 1.55 bits per heavy atom. The van der Waals surface area contributed by atoms with Crippen LogP contribution in [0.2, 0.25) is 0 Å². The van der Waals surface area contributed by atoms with Crippen LogP contribution in [0.15, 0.2) is 21.5 Å². The number of nitrogens with one attached hydrogen (secondary N) is 1. The molecule has 0 saturated carbocycles. The van der Waals surface area contributed by atoms with Gasteiger partial charge in [-0.25, -0.2) is 17.5 Å². The lowest BCUT2D eigenvalue weighted by Crippen LogP contribution is -2.50. The minimum atomic E-state index is -4.01. The fourth-order valence-electron chi connectivity index (χ4n) is 2.08. The van der Waals surface area contributed by atoms with Crippen LogP contribution in [0.5, 0.6) is 0 Å². The van der Waals surface area contributed by atoms with Crippen molar-refractivity contribution >= 4 is 31.6 Å². The van der Waals surface area contributed by atoms with E-state index >= 15 is 0 Å². The third kappa shape index (κ3) is 2.83. The molecule has 20 heavy (non-hydrogen) atoms. The Kier molecular flexibility index (Phi) is 4.12. The van der Waals surface area contributed by atoms with Gasteiger partial charge in [-0.2, -0.15) is 0 Å². The molecular weight excluding hydrogens is 351 g/mol. The van der Waals surface area contributed by atoms with E-state index in [1.54, 1.807) is 13.8 Å². The van der Waals surface area contributed by atoms with Crippen LogP contribution in [0, 0.1) is 5.82 Å². The molecule has 0 aromatic heterocycles. The molecule has 1 aliphatic rings. The van der Waals surface area contributed by atoms with Crippen LogP contribution < -0.4 is 10.5 Å². The highest BCUT2D eigenvalue weighted by atomic mass is 79.9. The fourth-order valence-corrected chi connectivity index (χ4v) is 3.99. The van der Waals surface area contributed by atoms with Gasteiger partial charge in [0.15, 0.2) is 0 Å². The molecule has 1 saturated heterocycles. The van der Waals surface area contributed by atoms with E-state index in [0.717, 1.165) is 12.1 Å². The van der Waals surface area contributed by atoms with Crippen LogP contribution in [-0.2, 0) is 14.8 Å². The van der Waals surface area contributed by atoms with Crippen molar-refractivity contribution < 1.29 is 17.5 Å². The van der Waals surface area contributed by atoms with Gasteiger partial charge in [0.2, 0.25) is 10.0 Å². The summed E-state index contributed by atoms with van der Waals surface area (Å²) in [5, 5.41) is 0. The third-order valence-corrected chi connectivity index (χ3v) is 5.91. The molecule has 2 rings (SSSR count). The zero-order valence-corrected chi connectivity index (χ0v) is 13.5. The van der Waals surface area contributed by atoms with Crippen molar-refractivity contribution in [2.24, 2.45) is 0 Å². The Labute approximate surface area is 125 Å². The van der Waals surface area contributed by atoms with Gasteiger partial charge in [0, 0.05) is 16.8 Å². The first-order valence-electron chi connectivity index (χ1n) is 6.06. The van der Waals surface area contributed by atoms with Crippen molar-refractivity contribution in [1.29, 1.82) is 0 Å². The first-order chi connectivity index (χ1) is 9.16. The molecule has 5 nitrogen and oxygen atoms in total. The maximum Gasteiger partial charge on any atom is 0.244 e. The van der Waals surface area contributed by atoms with Gasteiger partial charge in [0.25, 0.3) is 0 Å². The molecule has 0 spiro atoms. The predicted octanol–water partition coefficient (Wildman–Crippen LogP) is 2.02. The molecule has 3 N–H and O–H groups in total. The van der Waals surface area contributed by atoms with Gasteiger partial charge in [-0.15, -0.1) is 0 Å². The fraction of sp³-hybridized carbons (Fsp3) is 0.500. The quantitative estimate of drug-likeness (QED) is 0.801. The summed E-state index contributed by atoms with van der Waals surface area (Å²) in [7, 11) is -4.01. The minimum Gasteiger partial charge on any atom is -0.398 e. The number of anilines is 1. The Bertz CT molecular complexity index is 638. The summed E-state index contributed by atoms with van der Waals surface area (Å²) in [4.78, 5) is -0.460. The zero-order valence-electron chi connectivity index (χ0n) is 11.1. The largest absolute Gasteiger partial charge is 0.398 e. The lowest BCUT2D eigenvalue weighted by Gasteiger charge is -2.28. The normalized spacial score (nSPS) is 26.9. The van der Waals surface area contributed by atoms with E-state index in [0.29, 0.717) is 17.5 Å². The van der Waals surface area contributed by atoms with E-state index in [4.69, 9.17) is 10.5 Å². The monoisotopic (exact) mass is 366 g/mol. The van der Waals surface area contributed by atoms with Gasteiger partial charge >= 0.3 is 0 Å². The molecule has 0 amide bonds. The van der Waals surface area contributed by atoms with E-state index in [1.807, 2.05) is 0 Å². The van der Waals surface area contributed by atoms with E-state index in [-0.39, 0.29) is 11.8 Å². The van der Waals surface area contributed by atoms with E-state index in [2.05, 4.69) is 20.7 Å². The van der Waals surface area contributed by atoms with E-state index in [9.17, 15) is 12.8 Å². The Hall–Kier alpha value is -0.700. The van der Waals surface area contributed by atoms with Crippen molar-refractivity contribution in [1.82, 2.24) is 4.72 Å². The molecule has 1 aromatic carbocycles. The molecule has 0 aliphatic carbocycles. The number of hydrogen-bond donors (Lipinski definition) is 2. The molecule has 1 fully saturated rings. The van der Waals surface area contributed by atoms with E-state index < -0.39 is 26.3 Å². The average molecular weight is 367 g/mol. The van der Waals surface area contributed by atoms with Gasteiger partial charge in [-0.1, -0.05) is 0 Å². The van der Waals surface area contributed by atoms with Gasteiger partial charge in [-0.05, 0) is 48.3 Å². The van der Waals surface area contributed by atoms with Gasteiger partial charge in [0.1, 0.15) is 10.7 Å². The molecule has 2 atom stereocenters. The van der Waals surface area contributed by atoms with Crippen LogP contribution in [0.3, 0.4) is 0 Å². The second-order valence-corrected chi connectivity index (χ2v) is 7.60. The highest BCUT2D eigenvalue weighted by molar-refractivity contribution is 9.10. The number of benzene rings is 1. The Morgan fingerprint density at radius 2 is 2.20 bits per heavy atom. The molecule has 1 aliphatic heterocycles. The molecule has 1 aromatic rings. The molecule has 8 heteroatoms. The first-order valence-corrected chi connectivity index (χ1v) is 8.33. The van der Waals surface area contributed by atoms with Crippen molar-refractivity contribution in [3.8, 4) is 0 Å². The number of rotatable bonds is 3. The lowest BCUT2D eigenvalue weighted by molar-refractivity contribution is 0.0957. The SMILES string of the molecule is CC1OCCC1(C)NS(=O)(=O)c1cc(N)c(Br)cc1F. The summed E-state index contributed by atoms with van der Waals surface area (Å²) in [6.45, 7) is 3.98. The zero-order chi connectivity index (χ0) is 15.1. The van der Waals surface area contributed by atoms with Crippen molar-refractivity contribution in [3.63, 3.8) is 0 Å². The topological polar surface area (TPSA) is 81.4 Å². The second-order valence-electron chi connectivity index (χ2n) is 5.09. The Morgan fingerprint density at radius 3 is 2.75 bits per heavy atom.